The quantitative estimate of drug-likeness (QED) is 0.654. The molecule has 1 aromatic carbocycles. The van der Waals surface area contributed by atoms with Gasteiger partial charge in [-0.05, 0) is 45.0 Å². The van der Waals surface area contributed by atoms with Crippen LogP contribution < -0.4 is 4.74 Å². The molecule has 2 atom stereocenters. The van der Waals surface area contributed by atoms with Gasteiger partial charge >= 0.3 is 0 Å². The molecule has 1 fully saturated rings. The van der Waals surface area contributed by atoms with Crippen LogP contribution in [0, 0.1) is 6.92 Å². The van der Waals surface area contributed by atoms with Gasteiger partial charge in [-0.3, -0.25) is 4.79 Å². The Labute approximate surface area is 174 Å². The highest BCUT2D eigenvalue weighted by Crippen LogP contribution is 2.31. The molecule has 1 aliphatic heterocycles. The van der Waals surface area contributed by atoms with E-state index >= 15 is 0 Å². The zero-order valence-electron chi connectivity index (χ0n) is 16.8. The normalized spacial score (nSPS) is 19.6. The molecule has 29 heavy (non-hydrogen) atoms. The largest absolute Gasteiger partial charge is 0.497 e. The van der Waals surface area contributed by atoms with Crippen molar-refractivity contribution in [3.05, 3.63) is 46.7 Å². The maximum atomic E-state index is 13.1. The van der Waals surface area contributed by atoms with Gasteiger partial charge in [0.05, 0.1) is 46.7 Å². The number of fused-ring (bicyclic) bond motifs is 1. The first kappa shape index (κ1) is 19.7. The van der Waals surface area contributed by atoms with E-state index in [1.165, 1.54) is 0 Å². The van der Waals surface area contributed by atoms with Gasteiger partial charge in [0.1, 0.15) is 5.75 Å². The topological polar surface area (TPSA) is 69.5 Å². The van der Waals surface area contributed by atoms with Crippen LogP contribution in [0.1, 0.15) is 29.9 Å². The third-order valence-corrected chi connectivity index (χ3v) is 5.45. The molecule has 152 valence electrons. The Balaban J connectivity index is 1.74. The summed E-state index contributed by atoms with van der Waals surface area (Å²) in [6.07, 6.45) is 1.51. The number of hydrogen-bond donors (Lipinski definition) is 0. The predicted molar refractivity (Wildman–Crippen MR) is 111 cm³/mol. The maximum absolute atomic E-state index is 13.1. The highest BCUT2D eigenvalue weighted by molar-refractivity contribution is 6.38. The monoisotopic (exact) mass is 414 g/mol. The third kappa shape index (κ3) is 3.56. The number of carbonyl (C=O) groups is 1. The van der Waals surface area contributed by atoms with Gasteiger partial charge in [-0.2, -0.15) is 5.10 Å². The number of methoxy groups -OCH3 is 1. The van der Waals surface area contributed by atoms with E-state index in [4.69, 9.17) is 21.1 Å². The number of morpholine rings is 1. The van der Waals surface area contributed by atoms with Crippen molar-refractivity contribution in [2.45, 2.75) is 33.0 Å². The highest BCUT2D eigenvalue weighted by Gasteiger charge is 2.29. The Morgan fingerprint density at radius 3 is 2.48 bits per heavy atom. The molecule has 0 bridgehead atoms. The summed E-state index contributed by atoms with van der Waals surface area (Å²) in [5, 5.41) is 5.66. The van der Waals surface area contributed by atoms with E-state index in [-0.39, 0.29) is 18.1 Å². The van der Waals surface area contributed by atoms with Crippen molar-refractivity contribution < 1.29 is 14.3 Å². The molecule has 1 saturated heterocycles. The summed E-state index contributed by atoms with van der Waals surface area (Å²) in [6.45, 7) is 6.84. The molecule has 7 nitrogen and oxygen atoms in total. The van der Waals surface area contributed by atoms with Gasteiger partial charge in [0, 0.05) is 19.3 Å². The van der Waals surface area contributed by atoms with E-state index in [2.05, 4.69) is 10.1 Å². The minimum absolute atomic E-state index is 0.0160. The number of hydrogen-bond acceptors (Lipinski definition) is 5. The number of halogens is 1. The van der Waals surface area contributed by atoms with Crippen LogP contribution in [-0.4, -0.2) is 58.0 Å². The zero-order chi connectivity index (χ0) is 20.7. The predicted octanol–water partition coefficient (Wildman–Crippen LogP) is 3.64. The van der Waals surface area contributed by atoms with Crippen molar-refractivity contribution in [1.29, 1.82) is 0 Å². The summed E-state index contributed by atoms with van der Waals surface area (Å²) in [5.74, 6) is 0.623. The fourth-order valence-electron chi connectivity index (χ4n) is 3.77. The zero-order valence-corrected chi connectivity index (χ0v) is 17.6. The van der Waals surface area contributed by atoms with E-state index in [0.29, 0.717) is 40.4 Å². The lowest BCUT2D eigenvalue weighted by Crippen LogP contribution is -2.48. The van der Waals surface area contributed by atoms with Gasteiger partial charge in [0.25, 0.3) is 5.91 Å². The Kier molecular flexibility index (Phi) is 5.19. The fourth-order valence-corrected chi connectivity index (χ4v) is 4.13. The Bertz CT molecular complexity index is 1050. The first-order chi connectivity index (χ1) is 13.9. The summed E-state index contributed by atoms with van der Waals surface area (Å²) in [5.41, 5.74) is 2.55. The Morgan fingerprint density at radius 1 is 1.21 bits per heavy atom. The number of benzene rings is 1. The standard InChI is InChI=1S/C21H23ClN4O3/c1-12-10-25(11-13(2)29-12)21(27)17-9-23-20-18(19(17)22)14(3)24-26(20)15-5-7-16(28-4)8-6-15/h5-9,12-13H,10-11H2,1-4H3/t12-,13-/m0/s1. The first-order valence-electron chi connectivity index (χ1n) is 9.52. The molecule has 3 aromatic rings. The van der Waals surface area contributed by atoms with Crippen LogP contribution in [0.4, 0.5) is 0 Å². The van der Waals surface area contributed by atoms with E-state index < -0.39 is 0 Å². The molecule has 0 radical (unpaired) electrons. The number of ether oxygens (including phenoxy) is 2. The van der Waals surface area contributed by atoms with Crippen LogP contribution in [0.2, 0.25) is 5.02 Å². The van der Waals surface area contributed by atoms with Gasteiger partial charge in [-0.1, -0.05) is 11.6 Å². The van der Waals surface area contributed by atoms with Crippen LogP contribution in [0.25, 0.3) is 16.7 Å². The molecule has 1 aliphatic rings. The summed E-state index contributed by atoms with van der Waals surface area (Å²) >= 11 is 6.69. The second-order valence-corrected chi connectivity index (χ2v) is 7.73. The molecule has 2 aromatic heterocycles. The molecule has 0 spiro atoms. The fraction of sp³-hybridized carbons (Fsp3) is 0.381. The van der Waals surface area contributed by atoms with Crippen LogP contribution >= 0.6 is 11.6 Å². The average Bonchev–Trinajstić information content (AvgIpc) is 3.04. The minimum Gasteiger partial charge on any atom is -0.497 e. The molecule has 0 N–H and O–H groups in total. The molecular weight excluding hydrogens is 392 g/mol. The third-order valence-electron chi connectivity index (χ3n) is 5.06. The number of aromatic nitrogens is 3. The van der Waals surface area contributed by atoms with Gasteiger partial charge < -0.3 is 14.4 Å². The average molecular weight is 415 g/mol. The van der Waals surface area contributed by atoms with Crippen LogP contribution in [-0.2, 0) is 4.74 Å². The first-order valence-corrected chi connectivity index (χ1v) is 9.89. The van der Waals surface area contributed by atoms with Crippen molar-refractivity contribution in [3.8, 4) is 11.4 Å². The van der Waals surface area contributed by atoms with E-state index in [1.807, 2.05) is 45.0 Å². The molecular formula is C21H23ClN4O3. The molecule has 3 heterocycles. The number of nitrogens with zero attached hydrogens (tertiary/aromatic N) is 4. The summed E-state index contributed by atoms with van der Waals surface area (Å²) in [4.78, 5) is 19.4. The Morgan fingerprint density at radius 2 is 1.86 bits per heavy atom. The minimum atomic E-state index is -0.136. The van der Waals surface area contributed by atoms with Gasteiger partial charge in [-0.25, -0.2) is 9.67 Å². The van der Waals surface area contributed by atoms with E-state index in [0.717, 1.165) is 11.4 Å². The molecule has 0 aliphatic carbocycles. The second-order valence-electron chi connectivity index (χ2n) is 7.35. The summed E-state index contributed by atoms with van der Waals surface area (Å²) < 4.78 is 12.7. The maximum Gasteiger partial charge on any atom is 0.257 e. The van der Waals surface area contributed by atoms with Gasteiger partial charge in [0.15, 0.2) is 5.65 Å². The van der Waals surface area contributed by atoms with Crippen molar-refractivity contribution in [2.75, 3.05) is 20.2 Å². The number of rotatable bonds is 3. The van der Waals surface area contributed by atoms with Crippen LogP contribution in [0.3, 0.4) is 0 Å². The number of aryl methyl sites for hydroxylation is 1. The molecule has 0 unspecified atom stereocenters. The van der Waals surface area contributed by atoms with Gasteiger partial charge in [0.2, 0.25) is 0 Å². The number of carbonyl (C=O) groups excluding carboxylic acids is 1. The van der Waals surface area contributed by atoms with E-state index in [1.54, 1.807) is 22.9 Å². The van der Waals surface area contributed by atoms with Gasteiger partial charge in [-0.15, -0.1) is 0 Å². The Hall–Kier alpha value is -2.64. The number of amides is 1. The lowest BCUT2D eigenvalue weighted by atomic mass is 10.1. The lowest BCUT2D eigenvalue weighted by molar-refractivity contribution is -0.0586. The van der Waals surface area contributed by atoms with Crippen LogP contribution in [0.15, 0.2) is 30.5 Å². The van der Waals surface area contributed by atoms with Crippen molar-refractivity contribution in [1.82, 2.24) is 19.7 Å². The molecule has 4 rings (SSSR count). The highest BCUT2D eigenvalue weighted by atomic mass is 35.5. The molecule has 8 heteroatoms. The van der Waals surface area contributed by atoms with Crippen molar-refractivity contribution in [2.24, 2.45) is 0 Å². The van der Waals surface area contributed by atoms with Crippen molar-refractivity contribution >= 4 is 28.5 Å². The summed E-state index contributed by atoms with van der Waals surface area (Å²) in [7, 11) is 1.62. The lowest BCUT2D eigenvalue weighted by Gasteiger charge is -2.35. The molecule has 1 amide bonds. The SMILES string of the molecule is COc1ccc(-n2nc(C)c3c(Cl)c(C(=O)N4C[C@H](C)O[C@@H](C)C4)cnc32)cc1. The van der Waals surface area contributed by atoms with E-state index in [9.17, 15) is 4.79 Å². The number of pyridine rings is 1. The van der Waals surface area contributed by atoms with Crippen LogP contribution in [0.5, 0.6) is 5.75 Å². The van der Waals surface area contributed by atoms with Crippen molar-refractivity contribution in [3.63, 3.8) is 0 Å². The summed E-state index contributed by atoms with van der Waals surface area (Å²) in [6, 6.07) is 7.52. The smallest absolute Gasteiger partial charge is 0.257 e. The molecule has 0 saturated carbocycles. The second kappa shape index (κ2) is 7.65.